The van der Waals surface area contributed by atoms with E-state index in [1.165, 1.54) is 6.42 Å². The van der Waals surface area contributed by atoms with Crippen LogP contribution in [0.15, 0.2) is 18.5 Å². The van der Waals surface area contributed by atoms with Gasteiger partial charge in [0.1, 0.15) is 5.82 Å². The zero-order valence-electron chi connectivity index (χ0n) is 10.8. The van der Waals surface area contributed by atoms with Crippen LogP contribution in [0.2, 0.25) is 0 Å². The molecule has 17 heavy (non-hydrogen) atoms. The molecule has 0 amide bonds. The van der Waals surface area contributed by atoms with Crippen molar-refractivity contribution in [1.29, 1.82) is 0 Å². The third-order valence-electron chi connectivity index (χ3n) is 3.30. The quantitative estimate of drug-likeness (QED) is 0.856. The number of nitrogens with zero attached hydrogens (tertiary/aromatic N) is 3. The summed E-state index contributed by atoms with van der Waals surface area (Å²) >= 11 is 0. The molecule has 1 unspecified atom stereocenters. The molecular formula is C13H22N4. The molecule has 1 atom stereocenters. The molecule has 0 aliphatic carbocycles. The van der Waals surface area contributed by atoms with Gasteiger partial charge in [0.05, 0.1) is 6.54 Å². The smallest absolute Gasteiger partial charge is 0.142 e. The lowest BCUT2D eigenvalue weighted by Gasteiger charge is -2.26. The number of nitrogens with one attached hydrogen (secondary N) is 1. The van der Waals surface area contributed by atoms with Gasteiger partial charge in [0.25, 0.3) is 0 Å². The van der Waals surface area contributed by atoms with Gasteiger partial charge >= 0.3 is 0 Å². The first kappa shape index (κ1) is 12.5. The molecule has 0 saturated carbocycles. The van der Waals surface area contributed by atoms with Gasteiger partial charge in [-0.05, 0) is 31.5 Å². The molecule has 1 saturated heterocycles. The van der Waals surface area contributed by atoms with E-state index in [4.69, 9.17) is 0 Å². The number of hydrogen-bond acceptors (Lipinski definition) is 4. The maximum atomic E-state index is 4.30. The van der Waals surface area contributed by atoms with Crippen LogP contribution in [0.4, 0.5) is 0 Å². The molecule has 2 rings (SSSR count). The molecule has 1 aromatic rings. The monoisotopic (exact) mass is 234 g/mol. The Morgan fingerprint density at radius 1 is 1.41 bits per heavy atom. The molecule has 4 heteroatoms. The zero-order valence-corrected chi connectivity index (χ0v) is 10.8. The minimum atomic E-state index is 0.584. The highest BCUT2D eigenvalue weighted by Crippen LogP contribution is 2.10. The van der Waals surface area contributed by atoms with Crippen molar-refractivity contribution in [1.82, 2.24) is 20.2 Å². The number of rotatable bonds is 3. The van der Waals surface area contributed by atoms with E-state index in [1.807, 2.05) is 18.5 Å². The van der Waals surface area contributed by atoms with Crippen LogP contribution >= 0.6 is 0 Å². The SMILES string of the molecule is CC(C)C1CN(Cc2ncccn2)CCCN1. The van der Waals surface area contributed by atoms with Gasteiger partial charge < -0.3 is 5.32 Å². The Balaban J connectivity index is 1.95. The standard InChI is InChI=1S/C13H22N4/c1-11(2)12-9-17(8-4-7-14-12)10-13-15-5-3-6-16-13/h3,5-6,11-12,14H,4,7-10H2,1-2H3. The van der Waals surface area contributed by atoms with Gasteiger partial charge in [-0.3, -0.25) is 4.90 Å². The van der Waals surface area contributed by atoms with E-state index in [9.17, 15) is 0 Å². The summed E-state index contributed by atoms with van der Waals surface area (Å²) in [5.41, 5.74) is 0. The van der Waals surface area contributed by atoms with E-state index in [-0.39, 0.29) is 0 Å². The molecule has 0 radical (unpaired) electrons. The zero-order chi connectivity index (χ0) is 12.1. The van der Waals surface area contributed by atoms with Crippen LogP contribution in [0.25, 0.3) is 0 Å². The number of hydrogen-bond donors (Lipinski definition) is 1. The van der Waals surface area contributed by atoms with Crippen molar-refractivity contribution in [2.75, 3.05) is 19.6 Å². The second kappa shape index (κ2) is 6.07. The maximum Gasteiger partial charge on any atom is 0.142 e. The summed E-state index contributed by atoms with van der Waals surface area (Å²) in [5, 5.41) is 3.61. The molecule has 1 aliphatic rings. The van der Waals surface area contributed by atoms with Crippen molar-refractivity contribution in [3.8, 4) is 0 Å². The maximum absolute atomic E-state index is 4.30. The first-order valence-corrected chi connectivity index (χ1v) is 6.47. The summed E-state index contributed by atoms with van der Waals surface area (Å²) in [7, 11) is 0. The molecule has 0 spiro atoms. The number of aromatic nitrogens is 2. The van der Waals surface area contributed by atoms with Crippen LogP contribution in [0.3, 0.4) is 0 Å². The highest BCUT2D eigenvalue weighted by atomic mass is 15.2. The Bertz CT molecular complexity index is 325. The van der Waals surface area contributed by atoms with Crippen molar-refractivity contribution in [2.24, 2.45) is 5.92 Å². The molecule has 1 fully saturated rings. The molecule has 2 heterocycles. The predicted molar refractivity (Wildman–Crippen MR) is 68.6 cm³/mol. The van der Waals surface area contributed by atoms with Gasteiger partial charge in [-0.1, -0.05) is 13.8 Å². The fourth-order valence-corrected chi connectivity index (χ4v) is 2.23. The van der Waals surface area contributed by atoms with E-state index in [0.717, 1.165) is 32.0 Å². The largest absolute Gasteiger partial charge is 0.312 e. The summed E-state index contributed by atoms with van der Waals surface area (Å²) in [6.45, 7) is 8.77. The van der Waals surface area contributed by atoms with Crippen LogP contribution in [0.1, 0.15) is 26.1 Å². The fraction of sp³-hybridized carbons (Fsp3) is 0.692. The summed E-state index contributed by atoms with van der Waals surface area (Å²) in [6.07, 6.45) is 4.84. The van der Waals surface area contributed by atoms with Crippen molar-refractivity contribution in [2.45, 2.75) is 32.9 Å². The highest BCUT2D eigenvalue weighted by Gasteiger charge is 2.20. The Morgan fingerprint density at radius 3 is 2.88 bits per heavy atom. The first-order chi connectivity index (χ1) is 8.25. The normalized spacial score (nSPS) is 22.6. The lowest BCUT2D eigenvalue weighted by atomic mass is 10.0. The van der Waals surface area contributed by atoms with Gasteiger partial charge in [0, 0.05) is 25.0 Å². The fourth-order valence-electron chi connectivity index (χ4n) is 2.23. The first-order valence-electron chi connectivity index (χ1n) is 6.47. The van der Waals surface area contributed by atoms with Gasteiger partial charge in [-0.15, -0.1) is 0 Å². The summed E-state index contributed by atoms with van der Waals surface area (Å²) in [5.74, 6) is 1.60. The van der Waals surface area contributed by atoms with Crippen LogP contribution in [0.5, 0.6) is 0 Å². The minimum Gasteiger partial charge on any atom is -0.312 e. The van der Waals surface area contributed by atoms with Crippen molar-refractivity contribution in [3.05, 3.63) is 24.3 Å². The van der Waals surface area contributed by atoms with Gasteiger partial charge in [-0.25, -0.2) is 9.97 Å². The van der Waals surface area contributed by atoms with E-state index < -0.39 is 0 Å². The van der Waals surface area contributed by atoms with Crippen molar-refractivity contribution < 1.29 is 0 Å². The molecule has 1 N–H and O–H groups in total. The molecule has 94 valence electrons. The average Bonchev–Trinajstić information content (AvgIpc) is 2.56. The molecular weight excluding hydrogens is 212 g/mol. The van der Waals surface area contributed by atoms with Gasteiger partial charge in [-0.2, -0.15) is 0 Å². The van der Waals surface area contributed by atoms with Crippen molar-refractivity contribution in [3.63, 3.8) is 0 Å². The lowest BCUT2D eigenvalue weighted by Crippen LogP contribution is -2.41. The summed E-state index contributed by atoms with van der Waals surface area (Å²) in [6, 6.07) is 2.45. The third-order valence-corrected chi connectivity index (χ3v) is 3.30. The molecule has 1 aliphatic heterocycles. The van der Waals surface area contributed by atoms with E-state index >= 15 is 0 Å². The summed E-state index contributed by atoms with van der Waals surface area (Å²) < 4.78 is 0. The second-order valence-corrected chi connectivity index (χ2v) is 5.06. The molecule has 0 aromatic carbocycles. The molecule has 0 bridgehead atoms. The van der Waals surface area contributed by atoms with E-state index in [0.29, 0.717) is 12.0 Å². The van der Waals surface area contributed by atoms with E-state index in [1.54, 1.807) is 0 Å². The van der Waals surface area contributed by atoms with E-state index in [2.05, 4.69) is 34.0 Å². The Hall–Kier alpha value is -1.00. The topological polar surface area (TPSA) is 41.1 Å². The summed E-state index contributed by atoms with van der Waals surface area (Å²) in [4.78, 5) is 11.1. The average molecular weight is 234 g/mol. The van der Waals surface area contributed by atoms with Crippen LogP contribution in [-0.4, -0.2) is 40.5 Å². The Kier molecular flexibility index (Phi) is 4.45. The van der Waals surface area contributed by atoms with Crippen LogP contribution < -0.4 is 5.32 Å². The second-order valence-electron chi connectivity index (χ2n) is 5.06. The molecule has 4 nitrogen and oxygen atoms in total. The van der Waals surface area contributed by atoms with Gasteiger partial charge in [0.15, 0.2) is 0 Å². The highest BCUT2D eigenvalue weighted by molar-refractivity contribution is 4.90. The Labute approximate surface area is 103 Å². The molecule has 1 aromatic heterocycles. The van der Waals surface area contributed by atoms with Crippen molar-refractivity contribution >= 4 is 0 Å². The van der Waals surface area contributed by atoms with Gasteiger partial charge in [0.2, 0.25) is 0 Å². The van der Waals surface area contributed by atoms with Crippen LogP contribution in [0, 0.1) is 5.92 Å². The minimum absolute atomic E-state index is 0.584. The lowest BCUT2D eigenvalue weighted by molar-refractivity contribution is 0.233. The predicted octanol–water partition coefficient (Wildman–Crippen LogP) is 1.30. The Morgan fingerprint density at radius 2 is 2.18 bits per heavy atom. The van der Waals surface area contributed by atoms with Crippen LogP contribution in [-0.2, 0) is 6.54 Å². The third kappa shape index (κ3) is 3.75.